The Bertz CT molecular complexity index is 555. The molecule has 1 aromatic heterocycles. The van der Waals surface area contributed by atoms with Gasteiger partial charge in [-0.05, 0) is 18.2 Å². The van der Waals surface area contributed by atoms with Gasteiger partial charge in [0.15, 0.2) is 0 Å². The molecule has 86 valence electrons. The lowest BCUT2D eigenvalue weighted by atomic mass is 10.1. The van der Waals surface area contributed by atoms with E-state index in [9.17, 15) is 4.79 Å². The van der Waals surface area contributed by atoms with Crippen LogP contribution in [0.1, 0.15) is 10.4 Å². The molecule has 0 aliphatic heterocycles. The Morgan fingerprint density at radius 1 is 1.29 bits per heavy atom. The van der Waals surface area contributed by atoms with Gasteiger partial charge in [-0.3, -0.25) is 4.98 Å². The van der Waals surface area contributed by atoms with Crippen LogP contribution in [-0.2, 0) is 4.74 Å². The van der Waals surface area contributed by atoms with E-state index in [1.54, 1.807) is 24.4 Å². The first kappa shape index (κ1) is 11.6. The molecule has 0 aliphatic carbocycles. The van der Waals surface area contributed by atoms with Crippen LogP contribution in [-0.4, -0.2) is 18.1 Å². The van der Waals surface area contributed by atoms with Gasteiger partial charge in [-0.1, -0.05) is 29.8 Å². The van der Waals surface area contributed by atoms with E-state index < -0.39 is 0 Å². The van der Waals surface area contributed by atoms with Crippen molar-refractivity contribution in [3.8, 4) is 11.3 Å². The Morgan fingerprint density at radius 2 is 2.06 bits per heavy atom. The molecule has 4 heteroatoms. The van der Waals surface area contributed by atoms with Gasteiger partial charge in [0, 0.05) is 16.8 Å². The first-order valence-corrected chi connectivity index (χ1v) is 5.39. The number of pyridine rings is 1. The van der Waals surface area contributed by atoms with Crippen LogP contribution in [0.5, 0.6) is 0 Å². The first-order chi connectivity index (χ1) is 8.22. The number of esters is 1. The molecule has 0 spiro atoms. The molecular formula is C13H10ClNO2. The van der Waals surface area contributed by atoms with Gasteiger partial charge in [-0.15, -0.1) is 0 Å². The van der Waals surface area contributed by atoms with Crippen LogP contribution in [0.3, 0.4) is 0 Å². The number of halogens is 1. The number of rotatable bonds is 2. The van der Waals surface area contributed by atoms with Gasteiger partial charge in [-0.2, -0.15) is 0 Å². The SMILES string of the molecule is COC(=O)c1ccnc(-c2ccccc2Cl)c1. The van der Waals surface area contributed by atoms with Gasteiger partial charge in [0.1, 0.15) is 0 Å². The standard InChI is InChI=1S/C13H10ClNO2/c1-17-13(16)9-6-7-15-12(8-9)10-4-2-3-5-11(10)14/h2-8H,1H3. The van der Waals surface area contributed by atoms with Gasteiger partial charge in [0.25, 0.3) is 0 Å². The molecule has 0 bridgehead atoms. The summed E-state index contributed by atoms with van der Waals surface area (Å²) >= 11 is 6.07. The summed E-state index contributed by atoms with van der Waals surface area (Å²) in [6.45, 7) is 0. The Kier molecular flexibility index (Phi) is 3.40. The number of ether oxygens (including phenoxy) is 1. The van der Waals surface area contributed by atoms with E-state index in [0.29, 0.717) is 16.3 Å². The molecule has 1 heterocycles. The van der Waals surface area contributed by atoms with Gasteiger partial charge in [-0.25, -0.2) is 4.79 Å². The number of aromatic nitrogens is 1. The fourth-order valence-electron chi connectivity index (χ4n) is 1.49. The average Bonchev–Trinajstić information content (AvgIpc) is 2.38. The molecule has 3 nitrogen and oxygen atoms in total. The minimum absolute atomic E-state index is 0.388. The number of nitrogens with zero attached hydrogens (tertiary/aromatic N) is 1. The Morgan fingerprint density at radius 3 is 2.76 bits per heavy atom. The Balaban J connectivity index is 2.47. The predicted octanol–water partition coefficient (Wildman–Crippen LogP) is 3.19. The molecule has 0 saturated carbocycles. The minimum Gasteiger partial charge on any atom is -0.465 e. The molecule has 0 aliphatic rings. The lowest BCUT2D eigenvalue weighted by Gasteiger charge is -2.05. The zero-order valence-corrected chi connectivity index (χ0v) is 9.94. The molecule has 0 unspecified atom stereocenters. The summed E-state index contributed by atoms with van der Waals surface area (Å²) in [7, 11) is 1.35. The van der Waals surface area contributed by atoms with Crippen LogP contribution >= 0.6 is 11.6 Å². The van der Waals surface area contributed by atoms with Gasteiger partial charge >= 0.3 is 5.97 Å². The third kappa shape index (κ3) is 2.45. The fraction of sp³-hybridized carbons (Fsp3) is 0.0769. The Labute approximate surface area is 104 Å². The van der Waals surface area contributed by atoms with E-state index in [1.165, 1.54) is 7.11 Å². The number of carbonyl (C=O) groups excluding carboxylic acids is 1. The number of methoxy groups -OCH3 is 1. The summed E-state index contributed by atoms with van der Waals surface area (Å²) in [5, 5.41) is 0.599. The molecule has 0 radical (unpaired) electrons. The second-order valence-corrected chi connectivity index (χ2v) is 3.81. The maximum Gasteiger partial charge on any atom is 0.337 e. The van der Waals surface area contributed by atoms with Crippen LogP contribution < -0.4 is 0 Å². The fourth-order valence-corrected chi connectivity index (χ4v) is 1.72. The van der Waals surface area contributed by atoms with Crippen LogP contribution in [0, 0.1) is 0 Å². The summed E-state index contributed by atoms with van der Waals surface area (Å²) < 4.78 is 4.66. The van der Waals surface area contributed by atoms with Crippen LogP contribution in [0.25, 0.3) is 11.3 Å². The van der Waals surface area contributed by atoms with Crippen LogP contribution in [0.2, 0.25) is 5.02 Å². The zero-order valence-electron chi connectivity index (χ0n) is 9.18. The van der Waals surface area contributed by atoms with Crippen molar-refractivity contribution in [1.29, 1.82) is 0 Å². The van der Waals surface area contributed by atoms with Gasteiger partial charge in [0.2, 0.25) is 0 Å². The monoisotopic (exact) mass is 247 g/mol. The van der Waals surface area contributed by atoms with Gasteiger partial charge < -0.3 is 4.74 Å². The van der Waals surface area contributed by atoms with Crippen molar-refractivity contribution >= 4 is 17.6 Å². The van der Waals surface area contributed by atoms with Crippen molar-refractivity contribution < 1.29 is 9.53 Å². The third-order valence-corrected chi connectivity index (χ3v) is 2.66. The molecule has 17 heavy (non-hydrogen) atoms. The van der Waals surface area contributed by atoms with Crippen LogP contribution in [0.15, 0.2) is 42.6 Å². The van der Waals surface area contributed by atoms with E-state index in [2.05, 4.69) is 9.72 Å². The van der Waals surface area contributed by atoms with Crippen molar-refractivity contribution in [1.82, 2.24) is 4.98 Å². The second-order valence-electron chi connectivity index (χ2n) is 3.40. The molecule has 1 aromatic carbocycles. The molecule has 0 atom stereocenters. The van der Waals surface area contributed by atoms with Crippen molar-refractivity contribution in [2.75, 3.05) is 7.11 Å². The third-order valence-electron chi connectivity index (χ3n) is 2.33. The summed E-state index contributed by atoms with van der Waals surface area (Å²) in [5.41, 5.74) is 1.90. The molecular weight excluding hydrogens is 238 g/mol. The molecule has 0 fully saturated rings. The normalized spacial score (nSPS) is 10.0. The smallest absolute Gasteiger partial charge is 0.337 e. The summed E-state index contributed by atoms with van der Waals surface area (Å²) in [6.07, 6.45) is 1.56. The number of carbonyl (C=O) groups is 1. The van der Waals surface area contributed by atoms with E-state index in [-0.39, 0.29) is 5.97 Å². The highest BCUT2D eigenvalue weighted by Gasteiger charge is 2.09. The lowest BCUT2D eigenvalue weighted by molar-refractivity contribution is 0.0600. The largest absolute Gasteiger partial charge is 0.465 e. The maximum absolute atomic E-state index is 11.4. The van der Waals surface area contributed by atoms with Crippen molar-refractivity contribution in [3.05, 3.63) is 53.2 Å². The predicted molar refractivity (Wildman–Crippen MR) is 66.0 cm³/mol. The Hall–Kier alpha value is -1.87. The number of hydrogen-bond acceptors (Lipinski definition) is 3. The maximum atomic E-state index is 11.4. The highest BCUT2D eigenvalue weighted by atomic mass is 35.5. The van der Waals surface area contributed by atoms with Crippen molar-refractivity contribution in [2.24, 2.45) is 0 Å². The lowest BCUT2D eigenvalue weighted by Crippen LogP contribution is -2.01. The quantitative estimate of drug-likeness (QED) is 0.765. The van der Waals surface area contributed by atoms with Crippen LogP contribution in [0.4, 0.5) is 0 Å². The van der Waals surface area contributed by atoms with E-state index >= 15 is 0 Å². The van der Waals surface area contributed by atoms with E-state index in [4.69, 9.17) is 11.6 Å². The number of hydrogen-bond donors (Lipinski definition) is 0. The van der Waals surface area contributed by atoms with Crippen molar-refractivity contribution in [2.45, 2.75) is 0 Å². The summed E-state index contributed by atoms with van der Waals surface area (Å²) in [5.74, 6) is -0.388. The number of benzene rings is 1. The first-order valence-electron chi connectivity index (χ1n) is 5.01. The van der Waals surface area contributed by atoms with Gasteiger partial charge in [0.05, 0.1) is 18.4 Å². The summed E-state index contributed by atoms with van der Waals surface area (Å²) in [6, 6.07) is 10.6. The van der Waals surface area contributed by atoms with E-state index in [0.717, 1.165) is 5.56 Å². The van der Waals surface area contributed by atoms with Crippen molar-refractivity contribution in [3.63, 3.8) is 0 Å². The summed E-state index contributed by atoms with van der Waals surface area (Å²) in [4.78, 5) is 15.6. The molecule has 0 amide bonds. The second kappa shape index (κ2) is 4.97. The zero-order chi connectivity index (χ0) is 12.3. The molecule has 2 aromatic rings. The highest BCUT2D eigenvalue weighted by molar-refractivity contribution is 6.33. The molecule has 2 rings (SSSR count). The average molecular weight is 248 g/mol. The highest BCUT2D eigenvalue weighted by Crippen LogP contribution is 2.26. The topological polar surface area (TPSA) is 39.2 Å². The van der Waals surface area contributed by atoms with E-state index in [1.807, 2.05) is 18.2 Å². The molecule has 0 N–H and O–H groups in total. The molecule has 0 saturated heterocycles. The minimum atomic E-state index is -0.388.